The highest BCUT2D eigenvalue weighted by Gasteiger charge is 2.13. The van der Waals surface area contributed by atoms with Crippen molar-refractivity contribution in [2.45, 2.75) is 0 Å². The Labute approximate surface area is 149 Å². The number of carbonyl (C=O) groups excluding carboxylic acids is 1. The lowest BCUT2D eigenvalue weighted by Crippen LogP contribution is -2.43. The lowest BCUT2D eigenvalue weighted by atomic mass is 10.3. The van der Waals surface area contributed by atoms with Crippen LogP contribution in [0.2, 0.25) is 0 Å². The molecule has 6 nitrogen and oxygen atoms in total. The zero-order chi connectivity index (χ0) is 15.4. The van der Waals surface area contributed by atoms with E-state index in [1.54, 1.807) is 24.5 Å². The van der Waals surface area contributed by atoms with E-state index in [0.29, 0.717) is 16.0 Å². The average molecular weight is 399 g/mol. The van der Waals surface area contributed by atoms with E-state index in [9.17, 15) is 4.79 Å². The number of hydrogen-bond donors (Lipinski definition) is 2. The highest BCUT2D eigenvalue weighted by atomic mass is 79.9. The standard InChI is InChI=1S/C15H16BrN5O.ClH/c16-12-2-1-5-18-14(12)15(22)20-13-4-3-11(10-19-13)21-8-6-17-7-9-21;/h1-5,10,17H,6-9H2,(H,19,20,22);1H. The molecule has 3 heterocycles. The van der Waals surface area contributed by atoms with E-state index >= 15 is 0 Å². The number of hydrogen-bond acceptors (Lipinski definition) is 5. The minimum Gasteiger partial charge on any atom is -0.368 e. The summed E-state index contributed by atoms with van der Waals surface area (Å²) in [5.74, 6) is 0.233. The second-order valence-corrected chi connectivity index (χ2v) is 5.78. The van der Waals surface area contributed by atoms with Gasteiger partial charge in [-0.05, 0) is 40.2 Å². The molecule has 2 N–H and O–H groups in total. The van der Waals surface area contributed by atoms with Crippen molar-refractivity contribution in [1.82, 2.24) is 15.3 Å². The molecule has 0 aromatic carbocycles. The first kappa shape index (κ1) is 17.7. The number of pyridine rings is 2. The summed E-state index contributed by atoms with van der Waals surface area (Å²) >= 11 is 3.32. The van der Waals surface area contributed by atoms with E-state index in [-0.39, 0.29) is 18.3 Å². The molecule has 1 amide bonds. The molecule has 0 radical (unpaired) electrons. The van der Waals surface area contributed by atoms with Crippen LogP contribution in [0.4, 0.5) is 11.5 Å². The Kier molecular flexibility index (Phi) is 6.32. The van der Waals surface area contributed by atoms with Gasteiger partial charge in [-0.1, -0.05) is 0 Å². The van der Waals surface area contributed by atoms with Crippen LogP contribution in [0.25, 0.3) is 0 Å². The summed E-state index contributed by atoms with van der Waals surface area (Å²) in [4.78, 5) is 22.8. The number of nitrogens with one attached hydrogen (secondary N) is 2. The summed E-state index contributed by atoms with van der Waals surface area (Å²) in [6, 6.07) is 7.33. The van der Waals surface area contributed by atoms with Crippen molar-refractivity contribution in [2.24, 2.45) is 0 Å². The van der Waals surface area contributed by atoms with Gasteiger partial charge >= 0.3 is 0 Å². The molecule has 2 aromatic heterocycles. The summed E-state index contributed by atoms with van der Waals surface area (Å²) < 4.78 is 0.657. The molecule has 1 fully saturated rings. The summed E-state index contributed by atoms with van der Waals surface area (Å²) in [5, 5.41) is 6.07. The molecule has 8 heteroatoms. The van der Waals surface area contributed by atoms with Crippen molar-refractivity contribution in [3.05, 3.63) is 46.8 Å². The summed E-state index contributed by atoms with van der Waals surface area (Å²) in [7, 11) is 0. The number of aromatic nitrogens is 2. The van der Waals surface area contributed by atoms with E-state index in [2.05, 4.69) is 41.4 Å². The molecule has 0 saturated carbocycles. The van der Waals surface area contributed by atoms with Crippen LogP contribution in [0, 0.1) is 0 Å². The lowest BCUT2D eigenvalue weighted by molar-refractivity contribution is 0.102. The maximum Gasteiger partial charge on any atom is 0.276 e. The normalized spacial score (nSPS) is 14.0. The third-order valence-corrected chi connectivity index (χ3v) is 4.09. The Balaban J connectivity index is 0.00000192. The molecule has 0 bridgehead atoms. The van der Waals surface area contributed by atoms with Crippen LogP contribution in [0.3, 0.4) is 0 Å². The molecule has 23 heavy (non-hydrogen) atoms. The number of piperazine rings is 1. The van der Waals surface area contributed by atoms with Gasteiger partial charge in [0.15, 0.2) is 0 Å². The van der Waals surface area contributed by atoms with Crippen LogP contribution in [0.5, 0.6) is 0 Å². The van der Waals surface area contributed by atoms with Gasteiger partial charge in [-0.15, -0.1) is 12.4 Å². The Morgan fingerprint density at radius 1 is 1.22 bits per heavy atom. The Morgan fingerprint density at radius 3 is 2.65 bits per heavy atom. The number of anilines is 2. The van der Waals surface area contributed by atoms with Crippen molar-refractivity contribution in [1.29, 1.82) is 0 Å². The molecule has 0 spiro atoms. The first-order valence-electron chi connectivity index (χ1n) is 7.07. The third-order valence-electron chi connectivity index (χ3n) is 3.45. The first-order chi connectivity index (χ1) is 10.7. The minimum atomic E-state index is -0.283. The first-order valence-corrected chi connectivity index (χ1v) is 7.87. The van der Waals surface area contributed by atoms with Crippen LogP contribution in [-0.4, -0.2) is 42.1 Å². The summed E-state index contributed by atoms with van der Waals surface area (Å²) in [6.45, 7) is 3.89. The van der Waals surface area contributed by atoms with Crippen molar-refractivity contribution in [3.8, 4) is 0 Å². The molecule has 122 valence electrons. The summed E-state index contributed by atoms with van der Waals surface area (Å²) in [5.41, 5.74) is 1.41. The number of amides is 1. The van der Waals surface area contributed by atoms with E-state index < -0.39 is 0 Å². The van der Waals surface area contributed by atoms with Crippen molar-refractivity contribution in [3.63, 3.8) is 0 Å². The smallest absolute Gasteiger partial charge is 0.276 e. The predicted molar refractivity (Wildman–Crippen MR) is 96.5 cm³/mol. The molecule has 1 aliphatic heterocycles. The highest BCUT2D eigenvalue weighted by molar-refractivity contribution is 9.10. The average Bonchev–Trinajstić information content (AvgIpc) is 2.57. The van der Waals surface area contributed by atoms with Crippen LogP contribution in [0.15, 0.2) is 41.1 Å². The second kappa shape index (κ2) is 8.24. The fraction of sp³-hybridized carbons (Fsp3) is 0.267. The van der Waals surface area contributed by atoms with E-state index in [1.807, 2.05) is 12.1 Å². The summed E-state index contributed by atoms with van der Waals surface area (Å²) in [6.07, 6.45) is 3.37. The predicted octanol–water partition coefficient (Wildman–Crippen LogP) is 2.32. The maximum absolute atomic E-state index is 12.2. The number of halogens is 2. The molecule has 2 aromatic rings. The number of rotatable bonds is 3. The molecular formula is C15H17BrClN5O. The van der Waals surface area contributed by atoms with Crippen LogP contribution in [0.1, 0.15) is 10.5 Å². The van der Waals surface area contributed by atoms with Crippen LogP contribution < -0.4 is 15.5 Å². The Bertz CT molecular complexity index is 661. The van der Waals surface area contributed by atoms with Gasteiger partial charge in [0, 0.05) is 36.8 Å². The van der Waals surface area contributed by atoms with Crippen LogP contribution in [-0.2, 0) is 0 Å². The second-order valence-electron chi connectivity index (χ2n) is 4.93. The van der Waals surface area contributed by atoms with Gasteiger partial charge in [0.1, 0.15) is 11.5 Å². The Morgan fingerprint density at radius 2 is 2.00 bits per heavy atom. The highest BCUT2D eigenvalue weighted by Crippen LogP contribution is 2.18. The fourth-order valence-electron chi connectivity index (χ4n) is 2.30. The van der Waals surface area contributed by atoms with E-state index in [4.69, 9.17) is 0 Å². The monoisotopic (exact) mass is 397 g/mol. The quantitative estimate of drug-likeness (QED) is 0.830. The van der Waals surface area contributed by atoms with Crippen molar-refractivity contribution in [2.75, 3.05) is 36.4 Å². The number of nitrogens with zero attached hydrogens (tertiary/aromatic N) is 3. The topological polar surface area (TPSA) is 70.2 Å². The third kappa shape index (κ3) is 4.40. The number of carbonyl (C=O) groups is 1. The van der Waals surface area contributed by atoms with Gasteiger partial charge in [-0.25, -0.2) is 9.97 Å². The largest absolute Gasteiger partial charge is 0.368 e. The minimum absolute atomic E-state index is 0. The molecule has 0 aliphatic carbocycles. The molecule has 0 unspecified atom stereocenters. The molecular weight excluding hydrogens is 382 g/mol. The SMILES string of the molecule is Cl.O=C(Nc1ccc(N2CCNCC2)cn1)c1ncccc1Br. The van der Waals surface area contributed by atoms with Crippen LogP contribution >= 0.6 is 28.3 Å². The maximum atomic E-state index is 12.2. The van der Waals surface area contributed by atoms with Gasteiger partial charge in [-0.3, -0.25) is 4.79 Å². The van der Waals surface area contributed by atoms with Crippen molar-refractivity contribution >= 4 is 45.7 Å². The van der Waals surface area contributed by atoms with Gasteiger partial charge in [0.05, 0.1) is 11.9 Å². The van der Waals surface area contributed by atoms with Gasteiger partial charge in [0.25, 0.3) is 5.91 Å². The molecule has 1 aliphatic rings. The Hall–Kier alpha value is -1.70. The van der Waals surface area contributed by atoms with E-state index in [0.717, 1.165) is 31.9 Å². The lowest BCUT2D eigenvalue weighted by Gasteiger charge is -2.29. The van der Waals surface area contributed by atoms with Gasteiger partial charge < -0.3 is 15.5 Å². The molecule has 0 atom stereocenters. The van der Waals surface area contributed by atoms with Gasteiger partial charge in [0.2, 0.25) is 0 Å². The zero-order valence-electron chi connectivity index (χ0n) is 12.3. The zero-order valence-corrected chi connectivity index (χ0v) is 14.7. The molecule has 1 saturated heterocycles. The molecule has 3 rings (SSSR count). The van der Waals surface area contributed by atoms with Crippen molar-refractivity contribution < 1.29 is 4.79 Å². The van der Waals surface area contributed by atoms with E-state index in [1.165, 1.54) is 0 Å². The fourth-order valence-corrected chi connectivity index (χ4v) is 2.73. The van der Waals surface area contributed by atoms with Gasteiger partial charge in [-0.2, -0.15) is 0 Å².